The Balaban J connectivity index is 2.22. The number of carboxylic acids is 1. The molecule has 2 aromatic carbocycles. The van der Waals surface area contributed by atoms with Crippen LogP contribution in [-0.4, -0.2) is 11.1 Å². The quantitative estimate of drug-likeness (QED) is 0.835. The van der Waals surface area contributed by atoms with Crippen molar-refractivity contribution in [1.82, 2.24) is 0 Å². The van der Waals surface area contributed by atoms with Gasteiger partial charge in [0, 0.05) is 0 Å². The summed E-state index contributed by atoms with van der Waals surface area (Å²) in [5.41, 5.74) is 5.17. The van der Waals surface area contributed by atoms with Gasteiger partial charge in [0.15, 0.2) is 0 Å². The van der Waals surface area contributed by atoms with Crippen LogP contribution >= 0.6 is 0 Å². The highest BCUT2D eigenvalue weighted by Gasteiger charge is 2.30. The average molecular weight is 325 g/mol. The zero-order valence-electron chi connectivity index (χ0n) is 14.1. The summed E-state index contributed by atoms with van der Waals surface area (Å²) >= 11 is 0. The number of carboxylic acid groups (broad SMARTS) is 1. The van der Waals surface area contributed by atoms with Gasteiger partial charge < -0.3 is 5.11 Å². The van der Waals surface area contributed by atoms with Crippen molar-refractivity contribution in [1.29, 1.82) is 0 Å². The first kappa shape index (κ1) is 16.7. The minimum Gasteiger partial charge on any atom is -0.478 e. The molecule has 0 unspecified atom stereocenters. The highest BCUT2D eigenvalue weighted by atomic mass is 16.6. The fourth-order valence-electron chi connectivity index (χ4n) is 3.63. The summed E-state index contributed by atoms with van der Waals surface area (Å²) in [5, 5.41) is 9.92. The van der Waals surface area contributed by atoms with Gasteiger partial charge in [-0.25, -0.2) is 10.7 Å². The Morgan fingerprint density at radius 1 is 1.21 bits per heavy atom. The molecule has 0 saturated heterocycles. The van der Waals surface area contributed by atoms with Gasteiger partial charge in [-0.15, -0.1) is 0 Å². The molecule has 4 nitrogen and oxygen atoms in total. The van der Waals surface area contributed by atoms with Gasteiger partial charge in [-0.05, 0) is 52.5 Å². The molecule has 3 N–H and O–H groups in total. The topological polar surface area (TPSA) is 72.5 Å². The maximum atomic E-state index is 12.1. The highest BCUT2D eigenvalue weighted by Crippen LogP contribution is 2.40. The second kappa shape index (κ2) is 6.38. The molecule has 0 aliphatic heterocycles. The molecule has 2 aromatic rings. The van der Waals surface area contributed by atoms with Crippen LogP contribution in [0.15, 0.2) is 36.4 Å². The van der Waals surface area contributed by atoms with Crippen LogP contribution in [0.1, 0.15) is 47.3 Å². The van der Waals surface area contributed by atoms with Crippen LogP contribution in [-0.2, 0) is 24.3 Å². The van der Waals surface area contributed by atoms with E-state index in [4.69, 9.17) is 10.7 Å². The number of aryl methyl sites for hydroxylation is 1. The molecule has 0 spiro atoms. The second-order valence-electron chi connectivity index (χ2n) is 7.24. The van der Waals surface area contributed by atoms with E-state index in [0.29, 0.717) is 5.56 Å². The van der Waals surface area contributed by atoms with E-state index in [9.17, 15) is 9.90 Å². The summed E-state index contributed by atoms with van der Waals surface area (Å²) in [6, 6.07) is 11.7. The first-order chi connectivity index (χ1) is 11.4. The van der Waals surface area contributed by atoms with Crippen LogP contribution in [0.25, 0.3) is 11.1 Å². The summed E-state index contributed by atoms with van der Waals surface area (Å²) < 4.78 is 0. The van der Waals surface area contributed by atoms with E-state index in [1.54, 1.807) is 0 Å². The largest absolute Gasteiger partial charge is 0.478 e. The van der Waals surface area contributed by atoms with Crippen molar-refractivity contribution in [2.24, 2.45) is 11.3 Å². The number of hydrogen-bond donors (Lipinski definition) is 2. The first-order valence-corrected chi connectivity index (χ1v) is 8.21. The molecule has 1 aliphatic rings. The molecule has 0 radical (unpaired) electrons. The molecule has 0 heterocycles. The molecule has 1 aliphatic carbocycles. The number of hydrogen-bond acceptors (Lipinski definition) is 3. The van der Waals surface area contributed by atoms with E-state index in [0.717, 1.165) is 47.1 Å². The third-order valence-electron chi connectivity index (χ3n) is 4.90. The third kappa shape index (κ3) is 3.07. The minimum absolute atomic E-state index is 0.121. The van der Waals surface area contributed by atoms with Gasteiger partial charge in [0.25, 0.3) is 0 Å². The molecule has 0 amide bonds. The number of fused-ring (bicyclic) bond motifs is 1. The molecule has 0 fully saturated rings. The predicted octanol–water partition coefficient (Wildman–Crippen LogP) is 3.96. The van der Waals surface area contributed by atoms with E-state index < -0.39 is 5.97 Å². The van der Waals surface area contributed by atoms with Gasteiger partial charge in [0.1, 0.15) is 0 Å². The van der Waals surface area contributed by atoms with Crippen LogP contribution in [0, 0.1) is 5.41 Å². The molecular weight excluding hydrogens is 302 g/mol. The SMILES string of the molecule is CC1(C)CCc2ccc(-c3ccccc3CON)c(C(=O)O)c2C1. The Labute approximate surface area is 142 Å². The molecule has 4 heteroatoms. The van der Waals surface area contributed by atoms with Crippen molar-refractivity contribution >= 4 is 5.97 Å². The lowest BCUT2D eigenvalue weighted by Crippen LogP contribution is -2.25. The van der Waals surface area contributed by atoms with Crippen LogP contribution in [0.2, 0.25) is 0 Å². The zero-order valence-corrected chi connectivity index (χ0v) is 14.1. The summed E-state index contributed by atoms with van der Waals surface area (Å²) in [5.74, 6) is 4.36. The smallest absolute Gasteiger partial charge is 0.336 e. The van der Waals surface area contributed by atoms with Crippen molar-refractivity contribution in [3.63, 3.8) is 0 Å². The lowest BCUT2D eigenvalue weighted by atomic mass is 9.72. The Hall–Kier alpha value is -2.17. The highest BCUT2D eigenvalue weighted by molar-refractivity contribution is 5.98. The monoisotopic (exact) mass is 325 g/mol. The van der Waals surface area contributed by atoms with Gasteiger partial charge in [0.2, 0.25) is 0 Å². The summed E-state index contributed by atoms with van der Waals surface area (Å²) in [4.78, 5) is 16.9. The van der Waals surface area contributed by atoms with Crippen molar-refractivity contribution in [2.75, 3.05) is 0 Å². The molecule has 0 bridgehead atoms. The van der Waals surface area contributed by atoms with E-state index in [1.807, 2.05) is 30.3 Å². The number of carbonyl (C=O) groups is 1. The van der Waals surface area contributed by atoms with Crippen molar-refractivity contribution in [2.45, 2.75) is 39.7 Å². The van der Waals surface area contributed by atoms with Crippen molar-refractivity contribution < 1.29 is 14.7 Å². The summed E-state index contributed by atoms with van der Waals surface area (Å²) in [6.07, 6.45) is 2.79. The maximum absolute atomic E-state index is 12.1. The number of rotatable bonds is 4. The van der Waals surface area contributed by atoms with Gasteiger partial charge in [-0.1, -0.05) is 50.2 Å². The number of benzene rings is 2. The molecule has 3 rings (SSSR count). The Kier molecular flexibility index (Phi) is 4.43. The predicted molar refractivity (Wildman–Crippen MR) is 93.6 cm³/mol. The lowest BCUT2D eigenvalue weighted by molar-refractivity contribution is 0.0695. The van der Waals surface area contributed by atoms with Crippen molar-refractivity contribution in [3.05, 3.63) is 58.7 Å². The standard InChI is InChI=1S/C20H23NO3/c1-20(2)10-9-13-7-8-16(18(19(22)23)17(13)11-20)15-6-4-3-5-14(15)12-24-21/h3-8H,9-12,21H2,1-2H3,(H,22,23). The Morgan fingerprint density at radius 3 is 2.67 bits per heavy atom. The Morgan fingerprint density at radius 2 is 1.96 bits per heavy atom. The van der Waals surface area contributed by atoms with Gasteiger partial charge in [-0.2, -0.15) is 0 Å². The summed E-state index contributed by atoms with van der Waals surface area (Å²) in [6.45, 7) is 4.65. The van der Waals surface area contributed by atoms with E-state index in [-0.39, 0.29) is 12.0 Å². The molecule has 126 valence electrons. The van der Waals surface area contributed by atoms with E-state index >= 15 is 0 Å². The van der Waals surface area contributed by atoms with Crippen molar-refractivity contribution in [3.8, 4) is 11.1 Å². The van der Waals surface area contributed by atoms with Gasteiger partial charge in [0.05, 0.1) is 12.2 Å². The molecule has 0 atom stereocenters. The lowest BCUT2D eigenvalue weighted by Gasteiger charge is -2.33. The molecule has 24 heavy (non-hydrogen) atoms. The summed E-state index contributed by atoms with van der Waals surface area (Å²) in [7, 11) is 0. The molecule has 0 saturated carbocycles. The fourth-order valence-corrected chi connectivity index (χ4v) is 3.63. The van der Waals surface area contributed by atoms with E-state index in [2.05, 4.69) is 19.9 Å². The third-order valence-corrected chi connectivity index (χ3v) is 4.90. The van der Waals surface area contributed by atoms with Gasteiger partial charge in [-0.3, -0.25) is 4.84 Å². The van der Waals surface area contributed by atoms with Crippen LogP contribution < -0.4 is 5.90 Å². The normalized spacial score (nSPS) is 15.8. The zero-order chi connectivity index (χ0) is 17.3. The van der Waals surface area contributed by atoms with Crippen LogP contribution in [0.3, 0.4) is 0 Å². The average Bonchev–Trinajstić information content (AvgIpc) is 2.53. The molecule has 0 aromatic heterocycles. The maximum Gasteiger partial charge on any atom is 0.336 e. The van der Waals surface area contributed by atoms with Crippen LogP contribution in [0.4, 0.5) is 0 Å². The van der Waals surface area contributed by atoms with E-state index in [1.165, 1.54) is 0 Å². The molecular formula is C20H23NO3. The number of nitrogens with two attached hydrogens (primary N) is 1. The Bertz CT molecular complexity index is 780. The number of aromatic carboxylic acids is 1. The van der Waals surface area contributed by atoms with Crippen LogP contribution in [0.5, 0.6) is 0 Å². The van der Waals surface area contributed by atoms with Gasteiger partial charge >= 0.3 is 5.97 Å². The fraction of sp³-hybridized carbons (Fsp3) is 0.350. The first-order valence-electron chi connectivity index (χ1n) is 8.21. The second-order valence-corrected chi connectivity index (χ2v) is 7.24. The minimum atomic E-state index is -0.872.